The van der Waals surface area contributed by atoms with Crippen molar-refractivity contribution in [1.82, 2.24) is 5.06 Å². The van der Waals surface area contributed by atoms with Crippen molar-refractivity contribution in [1.29, 1.82) is 0 Å². The molecule has 0 fully saturated rings. The molecule has 1 amide bonds. The first kappa shape index (κ1) is 13.4. The van der Waals surface area contributed by atoms with Crippen molar-refractivity contribution in [3.05, 3.63) is 35.2 Å². The van der Waals surface area contributed by atoms with Crippen molar-refractivity contribution >= 4 is 17.7 Å². The van der Waals surface area contributed by atoms with Gasteiger partial charge in [-0.2, -0.15) is 0 Å². The number of amides is 1. The second kappa shape index (κ2) is 6.84. The molecule has 1 rings (SSSR count). The number of hydrogen-bond acceptors (Lipinski definition) is 6. The average Bonchev–Trinajstić information content (AvgIpc) is 2.37. The van der Waals surface area contributed by atoms with Crippen LogP contribution in [0.4, 0.5) is 10.5 Å². The van der Waals surface area contributed by atoms with Crippen molar-refractivity contribution < 1.29 is 14.5 Å². The number of rotatable bonds is 4. The Morgan fingerprint density at radius 3 is 2.61 bits per heavy atom. The van der Waals surface area contributed by atoms with Crippen molar-refractivity contribution in [3.8, 4) is 0 Å². The number of ether oxygens (including phenoxy) is 1. The summed E-state index contributed by atoms with van der Waals surface area (Å²) in [6, 6.07) is 8.58. The van der Waals surface area contributed by atoms with Crippen LogP contribution in [0.3, 0.4) is 0 Å². The van der Waals surface area contributed by atoms with Gasteiger partial charge in [-0.3, -0.25) is 0 Å². The normalized spacial score (nSPS) is 10.6. The van der Waals surface area contributed by atoms with Gasteiger partial charge in [0.2, 0.25) is 5.96 Å². The third-order valence-corrected chi connectivity index (χ3v) is 1.76. The second-order valence-electron chi connectivity index (χ2n) is 2.96. The standard InChI is InChI=1S/C10H12N4O4/c1-2-17-10(15)14(18-13-16)9(11)12-8-6-4-3-5-7-8/h3-7H,2H2,1H3,(H2,11,12). The van der Waals surface area contributed by atoms with Gasteiger partial charge in [-0.25, -0.2) is 14.7 Å². The highest BCUT2D eigenvalue weighted by molar-refractivity contribution is 5.92. The van der Waals surface area contributed by atoms with Gasteiger partial charge < -0.3 is 10.5 Å². The number of hydrogen-bond donors (Lipinski definition) is 1. The highest BCUT2D eigenvalue weighted by atomic mass is 16.9. The lowest BCUT2D eigenvalue weighted by Crippen LogP contribution is -2.41. The van der Waals surface area contributed by atoms with Crippen LogP contribution in [0.25, 0.3) is 0 Å². The second-order valence-corrected chi connectivity index (χ2v) is 2.96. The molecule has 0 aliphatic carbocycles. The summed E-state index contributed by atoms with van der Waals surface area (Å²) in [4.78, 5) is 29.5. The van der Waals surface area contributed by atoms with Gasteiger partial charge in [-0.15, -0.1) is 4.91 Å². The molecule has 8 nitrogen and oxygen atoms in total. The molecule has 0 aliphatic heterocycles. The lowest BCUT2D eigenvalue weighted by atomic mass is 10.3. The van der Waals surface area contributed by atoms with Crippen LogP contribution in [0.15, 0.2) is 40.7 Å². The van der Waals surface area contributed by atoms with Gasteiger partial charge in [0.1, 0.15) is 0 Å². The maximum atomic E-state index is 11.4. The molecule has 0 saturated carbocycles. The van der Waals surface area contributed by atoms with Crippen LogP contribution in [0, 0.1) is 4.91 Å². The molecule has 96 valence electrons. The third-order valence-electron chi connectivity index (χ3n) is 1.76. The van der Waals surface area contributed by atoms with Crippen molar-refractivity contribution in [2.24, 2.45) is 16.1 Å². The summed E-state index contributed by atoms with van der Waals surface area (Å²) in [5, 5.41) is 2.48. The molecule has 0 heterocycles. The van der Waals surface area contributed by atoms with Gasteiger partial charge in [0.25, 0.3) is 0 Å². The van der Waals surface area contributed by atoms with E-state index in [0.29, 0.717) is 10.8 Å². The zero-order valence-electron chi connectivity index (χ0n) is 9.65. The number of carbonyl (C=O) groups is 1. The van der Waals surface area contributed by atoms with E-state index in [1.165, 1.54) is 0 Å². The van der Waals surface area contributed by atoms with E-state index < -0.39 is 6.09 Å². The third kappa shape index (κ3) is 3.74. The van der Waals surface area contributed by atoms with Gasteiger partial charge in [0.15, 0.2) is 5.34 Å². The molecular formula is C10H12N4O4. The number of guanidine groups is 1. The van der Waals surface area contributed by atoms with Gasteiger partial charge in [-0.05, 0) is 24.1 Å². The molecule has 1 aromatic carbocycles. The monoisotopic (exact) mass is 252 g/mol. The Labute approximate surface area is 103 Å². The molecular weight excluding hydrogens is 240 g/mol. The lowest BCUT2D eigenvalue weighted by Gasteiger charge is -2.14. The maximum absolute atomic E-state index is 11.4. The Morgan fingerprint density at radius 1 is 1.39 bits per heavy atom. The van der Waals surface area contributed by atoms with Crippen LogP contribution in [-0.2, 0) is 9.68 Å². The van der Waals surface area contributed by atoms with E-state index in [1.807, 2.05) is 0 Å². The lowest BCUT2D eigenvalue weighted by molar-refractivity contribution is -0.0856. The summed E-state index contributed by atoms with van der Waals surface area (Å²) >= 11 is 0. The summed E-state index contributed by atoms with van der Waals surface area (Å²) in [5.41, 5.74) is 6.00. The van der Waals surface area contributed by atoms with E-state index in [9.17, 15) is 9.70 Å². The molecule has 0 aromatic heterocycles. The molecule has 0 saturated heterocycles. The van der Waals surface area contributed by atoms with E-state index in [0.717, 1.165) is 0 Å². The number of nitrogens with zero attached hydrogens (tertiary/aromatic N) is 3. The van der Waals surface area contributed by atoms with E-state index in [1.54, 1.807) is 37.3 Å². The number of para-hydroxylation sites is 1. The van der Waals surface area contributed by atoms with Crippen LogP contribution in [-0.4, -0.2) is 23.7 Å². The molecule has 2 N–H and O–H groups in total. The fourth-order valence-corrected chi connectivity index (χ4v) is 1.06. The predicted molar refractivity (Wildman–Crippen MR) is 63.5 cm³/mol. The first-order chi connectivity index (χ1) is 8.69. The quantitative estimate of drug-likeness (QED) is 0.380. The topological polar surface area (TPSA) is 107 Å². The minimum absolute atomic E-state index is 0.0934. The van der Waals surface area contributed by atoms with Gasteiger partial charge in [0, 0.05) is 0 Å². The first-order valence-corrected chi connectivity index (χ1v) is 5.05. The molecule has 0 atom stereocenters. The van der Waals surface area contributed by atoms with Gasteiger partial charge in [-0.1, -0.05) is 18.2 Å². The predicted octanol–water partition coefficient (Wildman–Crippen LogP) is 1.70. The Hall–Kier alpha value is -2.64. The van der Waals surface area contributed by atoms with Crippen molar-refractivity contribution in [2.45, 2.75) is 6.92 Å². The van der Waals surface area contributed by atoms with Gasteiger partial charge in [0.05, 0.1) is 12.3 Å². The number of hydroxylamine groups is 2. The van der Waals surface area contributed by atoms with E-state index >= 15 is 0 Å². The Balaban J connectivity index is 2.88. The van der Waals surface area contributed by atoms with Crippen LogP contribution >= 0.6 is 0 Å². The van der Waals surface area contributed by atoms with Crippen LogP contribution < -0.4 is 5.73 Å². The minimum Gasteiger partial charge on any atom is -0.447 e. The molecule has 0 unspecified atom stereocenters. The largest absolute Gasteiger partial charge is 0.453 e. The Bertz CT molecular complexity index is 435. The summed E-state index contributed by atoms with van der Waals surface area (Å²) in [7, 11) is 0. The number of benzene rings is 1. The van der Waals surface area contributed by atoms with Crippen molar-refractivity contribution in [3.63, 3.8) is 0 Å². The zero-order valence-corrected chi connectivity index (χ0v) is 9.65. The highest BCUT2D eigenvalue weighted by Gasteiger charge is 2.22. The van der Waals surface area contributed by atoms with Gasteiger partial charge >= 0.3 is 6.09 Å². The molecule has 8 heteroatoms. The van der Waals surface area contributed by atoms with Crippen LogP contribution in [0.1, 0.15) is 6.92 Å². The van der Waals surface area contributed by atoms with E-state index in [-0.39, 0.29) is 12.6 Å². The number of aliphatic imine (C=N–C) groups is 1. The van der Waals surface area contributed by atoms with E-state index in [4.69, 9.17) is 5.73 Å². The zero-order chi connectivity index (χ0) is 13.4. The minimum atomic E-state index is -0.978. The summed E-state index contributed by atoms with van der Waals surface area (Å²) in [6.45, 7) is 1.69. The Morgan fingerprint density at radius 2 is 2.06 bits per heavy atom. The molecule has 0 radical (unpaired) electrons. The smallest absolute Gasteiger partial charge is 0.447 e. The summed E-state index contributed by atoms with van der Waals surface area (Å²) < 4.78 is 4.62. The van der Waals surface area contributed by atoms with Crippen LogP contribution in [0.2, 0.25) is 0 Å². The molecule has 0 spiro atoms. The van der Waals surface area contributed by atoms with E-state index in [2.05, 4.69) is 20.0 Å². The number of carbonyl (C=O) groups excluding carboxylic acids is 1. The number of nitrogens with two attached hydrogens (primary N) is 1. The Kier molecular flexibility index (Phi) is 5.10. The first-order valence-electron chi connectivity index (χ1n) is 5.05. The molecule has 0 aliphatic rings. The molecule has 0 bridgehead atoms. The van der Waals surface area contributed by atoms with Crippen molar-refractivity contribution in [2.75, 3.05) is 6.61 Å². The maximum Gasteiger partial charge on any atom is 0.453 e. The molecule has 1 aromatic rings. The average molecular weight is 252 g/mol. The fourth-order valence-electron chi connectivity index (χ4n) is 1.06. The molecule has 18 heavy (non-hydrogen) atoms. The van der Waals surface area contributed by atoms with Crippen LogP contribution in [0.5, 0.6) is 0 Å². The summed E-state index contributed by atoms with van der Waals surface area (Å²) in [6.07, 6.45) is -0.978. The summed E-state index contributed by atoms with van der Waals surface area (Å²) in [5.74, 6) is -0.362. The SMILES string of the molecule is CCOC(=O)N(ON=O)C(N)=Nc1ccccc1. The highest BCUT2D eigenvalue weighted by Crippen LogP contribution is 2.10. The fraction of sp³-hybridized carbons (Fsp3) is 0.200.